The van der Waals surface area contributed by atoms with Gasteiger partial charge in [0.25, 0.3) is 0 Å². The van der Waals surface area contributed by atoms with Gasteiger partial charge in [0.15, 0.2) is 0 Å². The molecule has 0 saturated heterocycles. The third kappa shape index (κ3) is 7.97. The van der Waals surface area contributed by atoms with Crippen LogP contribution in [0.5, 0.6) is 0 Å². The van der Waals surface area contributed by atoms with Crippen molar-refractivity contribution in [2.24, 2.45) is 0 Å². The van der Waals surface area contributed by atoms with Gasteiger partial charge in [-0.1, -0.05) is 71.7 Å². The summed E-state index contributed by atoms with van der Waals surface area (Å²) in [5, 5.41) is 3.49. The molecule has 0 aliphatic heterocycles. The zero-order chi connectivity index (χ0) is 28.7. The summed E-state index contributed by atoms with van der Waals surface area (Å²) in [4.78, 5) is 28.9. The number of anilines is 1. The normalized spacial score (nSPS) is 12.1. The van der Waals surface area contributed by atoms with E-state index >= 15 is 0 Å². The average molecular weight is 591 g/mol. The van der Waals surface area contributed by atoms with Crippen molar-refractivity contribution in [3.05, 3.63) is 99.0 Å². The molecule has 0 spiro atoms. The number of likely N-dealkylation sites (N-methyl/N-ethyl adjacent to an activating group) is 1. The minimum atomic E-state index is -3.86. The van der Waals surface area contributed by atoms with Crippen LogP contribution in [0.1, 0.15) is 29.2 Å². The molecule has 3 rings (SSSR count). The van der Waals surface area contributed by atoms with E-state index in [2.05, 4.69) is 5.32 Å². The van der Waals surface area contributed by atoms with Crippen molar-refractivity contribution in [2.45, 2.75) is 39.8 Å². The Labute approximate surface area is 240 Å². The van der Waals surface area contributed by atoms with Crippen LogP contribution in [0, 0.1) is 13.8 Å². The number of hydrogen-bond donors (Lipinski definition) is 1. The highest BCUT2D eigenvalue weighted by atomic mass is 35.5. The van der Waals surface area contributed by atoms with Crippen molar-refractivity contribution >= 4 is 50.7 Å². The number of nitrogens with zero attached hydrogens (tertiary/aromatic N) is 2. The van der Waals surface area contributed by atoms with Crippen LogP contribution in [0.3, 0.4) is 0 Å². The molecule has 7 nitrogen and oxygen atoms in total. The molecule has 0 unspecified atom stereocenters. The Balaban J connectivity index is 2.11. The van der Waals surface area contributed by atoms with Crippen LogP contribution in [-0.4, -0.2) is 50.5 Å². The Bertz CT molecular complexity index is 1410. The van der Waals surface area contributed by atoms with Gasteiger partial charge in [-0.15, -0.1) is 0 Å². The number of carbonyl (C=O) groups is 2. The summed E-state index contributed by atoms with van der Waals surface area (Å²) in [6.45, 7) is 5.19. The molecule has 0 heterocycles. The van der Waals surface area contributed by atoms with E-state index < -0.39 is 28.5 Å². The maximum atomic E-state index is 14.1. The first kappa shape index (κ1) is 30.5. The van der Waals surface area contributed by atoms with Gasteiger partial charge in [-0.25, -0.2) is 8.42 Å². The topological polar surface area (TPSA) is 86.8 Å². The number of aryl methyl sites for hydroxylation is 2. The van der Waals surface area contributed by atoms with Gasteiger partial charge in [0.1, 0.15) is 12.6 Å². The summed E-state index contributed by atoms with van der Waals surface area (Å²) >= 11 is 12.9. The molecular formula is C29H33Cl2N3O4S. The quantitative estimate of drug-likeness (QED) is 0.335. The summed E-state index contributed by atoms with van der Waals surface area (Å²) in [7, 11) is -3.86. The molecule has 3 aromatic rings. The molecule has 0 aliphatic rings. The maximum absolute atomic E-state index is 14.1. The molecule has 0 aromatic heterocycles. The van der Waals surface area contributed by atoms with Gasteiger partial charge in [0.2, 0.25) is 21.8 Å². The van der Waals surface area contributed by atoms with E-state index in [1.165, 1.54) is 4.90 Å². The highest BCUT2D eigenvalue weighted by molar-refractivity contribution is 7.92. The SMILES string of the molecule is CCNC(=O)[C@H](Cc1ccccc1)N(Cc1c(Cl)cccc1Cl)C(=O)CN(c1cc(C)ccc1C)S(C)(=O)=O. The summed E-state index contributed by atoms with van der Waals surface area (Å²) in [5.41, 5.74) is 3.25. The number of nitrogens with one attached hydrogen (secondary N) is 1. The van der Waals surface area contributed by atoms with Crippen molar-refractivity contribution < 1.29 is 18.0 Å². The minimum absolute atomic E-state index is 0.0869. The highest BCUT2D eigenvalue weighted by Crippen LogP contribution is 2.29. The molecule has 208 valence electrons. The Hall–Kier alpha value is -3.07. The largest absolute Gasteiger partial charge is 0.355 e. The predicted octanol–water partition coefficient (Wildman–Crippen LogP) is 5.15. The van der Waals surface area contributed by atoms with Crippen LogP contribution >= 0.6 is 23.2 Å². The molecule has 3 aromatic carbocycles. The van der Waals surface area contributed by atoms with Crippen LogP contribution in [0.2, 0.25) is 10.0 Å². The average Bonchev–Trinajstić information content (AvgIpc) is 2.87. The van der Waals surface area contributed by atoms with E-state index in [1.807, 2.05) is 49.4 Å². The highest BCUT2D eigenvalue weighted by Gasteiger charge is 2.34. The predicted molar refractivity (Wildman–Crippen MR) is 158 cm³/mol. The Kier molecular flexibility index (Phi) is 10.4. The van der Waals surface area contributed by atoms with Gasteiger partial charge in [0.05, 0.1) is 11.9 Å². The number of carbonyl (C=O) groups excluding carboxylic acids is 2. The Morgan fingerprint density at radius 2 is 1.59 bits per heavy atom. The van der Waals surface area contributed by atoms with E-state index in [-0.39, 0.29) is 18.9 Å². The smallest absolute Gasteiger partial charge is 0.244 e. The van der Waals surface area contributed by atoms with Crippen LogP contribution < -0.4 is 9.62 Å². The fourth-order valence-corrected chi connectivity index (χ4v) is 5.70. The second-order valence-corrected chi connectivity index (χ2v) is 12.1. The first-order chi connectivity index (χ1) is 18.4. The van der Waals surface area contributed by atoms with Crippen molar-refractivity contribution in [1.29, 1.82) is 0 Å². The number of halogens is 2. The molecule has 10 heteroatoms. The van der Waals surface area contributed by atoms with Gasteiger partial charge in [-0.05, 0) is 55.7 Å². The third-order valence-electron chi connectivity index (χ3n) is 6.32. The van der Waals surface area contributed by atoms with E-state index in [9.17, 15) is 18.0 Å². The molecule has 1 N–H and O–H groups in total. The van der Waals surface area contributed by atoms with Gasteiger partial charge < -0.3 is 10.2 Å². The lowest BCUT2D eigenvalue weighted by Gasteiger charge is -2.34. The van der Waals surface area contributed by atoms with Crippen LogP contribution in [0.25, 0.3) is 0 Å². The molecule has 2 amide bonds. The van der Waals surface area contributed by atoms with Crippen LogP contribution in [-0.2, 0) is 32.6 Å². The Morgan fingerprint density at radius 3 is 2.18 bits per heavy atom. The monoisotopic (exact) mass is 589 g/mol. The molecule has 0 aliphatic carbocycles. The summed E-state index contributed by atoms with van der Waals surface area (Å²) in [6, 6.07) is 18.8. The number of rotatable bonds is 11. The minimum Gasteiger partial charge on any atom is -0.355 e. The maximum Gasteiger partial charge on any atom is 0.244 e. The number of benzene rings is 3. The van der Waals surface area contributed by atoms with E-state index in [1.54, 1.807) is 38.1 Å². The molecule has 0 fully saturated rings. The van der Waals surface area contributed by atoms with Gasteiger partial charge in [-0.2, -0.15) is 0 Å². The molecule has 0 radical (unpaired) electrons. The molecular weight excluding hydrogens is 557 g/mol. The fraction of sp³-hybridized carbons (Fsp3) is 0.310. The summed E-state index contributed by atoms with van der Waals surface area (Å²) in [6.07, 6.45) is 1.27. The van der Waals surface area contributed by atoms with Gasteiger partial charge in [0, 0.05) is 35.1 Å². The lowest BCUT2D eigenvalue weighted by Crippen LogP contribution is -2.53. The lowest BCUT2D eigenvalue weighted by molar-refractivity contribution is -0.140. The van der Waals surface area contributed by atoms with E-state index in [0.717, 1.165) is 21.7 Å². The second kappa shape index (κ2) is 13.3. The number of sulfonamides is 1. The fourth-order valence-electron chi connectivity index (χ4n) is 4.28. The molecule has 1 atom stereocenters. The number of amides is 2. The zero-order valence-corrected chi connectivity index (χ0v) is 24.8. The second-order valence-electron chi connectivity index (χ2n) is 9.38. The van der Waals surface area contributed by atoms with Crippen LogP contribution in [0.15, 0.2) is 66.7 Å². The van der Waals surface area contributed by atoms with Gasteiger partial charge >= 0.3 is 0 Å². The van der Waals surface area contributed by atoms with Crippen molar-refractivity contribution in [2.75, 3.05) is 23.7 Å². The third-order valence-corrected chi connectivity index (χ3v) is 8.16. The van der Waals surface area contributed by atoms with Crippen molar-refractivity contribution in [3.63, 3.8) is 0 Å². The van der Waals surface area contributed by atoms with E-state index in [4.69, 9.17) is 23.2 Å². The zero-order valence-electron chi connectivity index (χ0n) is 22.4. The standard InChI is InChI=1S/C29H33Cl2N3O4S/c1-5-32-29(36)27(17-22-10-7-6-8-11-22)33(18-23-24(30)12-9-13-25(23)31)28(35)19-34(39(4,37)38)26-16-20(2)14-15-21(26)3/h6-16,27H,5,17-19H2,1-4H3,(H,32,36)/t27-/m0/s1. The molecule has 39 heavy (non-hydrogen) atoms. The van der Waals surface area contributed by atoms with Crippen molar-refractivity contribution in [3.8, 4) is 0 Å². The Morgan fingerprint density at radius 1 is 0.949 bits per heavy atom. The van der Waals surface area contributed by atoms with Crippen molar-refractivity contribution in [1.82, 2.24) is 10.2 Å². The molecule has 0 bridgehead atoms. The number of hydrogen-bond acceptors (Lipinski definition) is 4. The van der Waals surface area contributed by atoms with Gasteiger partial charge in [-0.3, -0.25) is 13.9 Å². The summed E-state index contributed by atoms with van der Waals surface area (Å²) < 4.78 is 27.0. The summed E-state index contributed by atoms with van der Waals surface area (Å²) in [5.74, 6) is -0.931. The van der Waals surface area contributed by atoms with Crippen LogP contribution in [0.4, 0.5) is 5.69 Å². The first-order valence-electron chi connectivity index (χ1n) is 12.5. The first-order valence-corrected chi connectivity index (χ1v) is 15.1. The van der Waals surface area contributed by atoms with E-state index in [0.29, 0.717) is 33.4 Å². The molecule has 0 saturated carbocycles. The lowest BCUT2D eigenvalue weighted by atomic mass is 10.0.